The van der Waals surface area contributed by atoms with Crippen molar-refractivity contribution in [2.24, 2.45) is 0 Å². The van der Waals surface area contributed by atoms with E-state index >= 15 is 0 Å². The van der Waals surface area contributed by atoms with Crippen LogP contribution in [0.15, 0.2) is 4.79 Å². The summed E-state index contributed by atoms with van der Waals surface area (Å²) in [5.41, 5.74) is 5.41. The number of aromatic nitrogens is 4. The van der Waals surface area contributed by atoms with E-state index in [1.54, 1.807) is 0 Å². The van der Waals surface area contributed by atoms with Gasteiger partial charge in [-0.05, 0) is 0 Å². The Morgan fingerprint density at radius 2 is 2.00 bits per heavy atom. The molecule has 4 atom stereocenters. The number of nitrogens with zero attached hydrogens (tertiary/aromatic N) is 4. The Morgan fingerprint density at radius 3 is 2.65 bits per heavy atom. The number of H-pyrrole nitrogens is 1. The third kappa shape index (κ3) is 2.62. The maximum Gasteiger partial charge on any atom is 0.280 e. The smallest absolute Gasteiger partial charge is 0.280 e. The second-order valence-electron chi connectivity index (χ2n) is 6.49. The van der Waals surface area contributed by atoms with Crippen LogP contribution in [-0.2, 0) is 4.74 Å². The van der Waals surface area contributed by atoms with Crippen molar-refractivity contribution in [2.45, 2.75) is 24.5 Å². The lowest BCUT2D eigenvalue weighted by Crippen LogP contribution is -2.89. The number of piperazine rings is 1. The number of nitrogens with two attached hydrogens (primary N) is 2. The molecule has 0 unspecified atom stereocenters. The second kappa shape index (κ2) is 6.48. The quantitative estimate of drug-likeness (QED) is 0.312. The van der Waals surface area contributed by atoms with Gasteiger partial charge < -0.3 is 36.0 Å². The molecule has 0 spiro atoms. The molecule has 8 N–H and O–H groups in total. The van der Waals surface area contributed by atoms with Crippen molar-refractivity contribution >= 4 is 23.1 Å². The molecule has 0 aliphatic carbocycles. The normalized spacial score (nSPS) is 29.6. The molecule has 2 aromatic heterocycles. The molecular formula is C14H22N7O5+. The Kier molecular flexibility index (Phi) is 4.28. The van der Waals surface area contributed by atoms with Crippen LogP contribution in [-0.4, -0.2) is 85.9 Å². The zero-order valence-corrected chi connectivity index (χ0v) is 13.9. The van der Waals surface area contributed by atoms with E-state index < -0.39 is 36.7 Å². The van der Waals surface area contributed by atoms with Crippen molar-refractivity contribution in [1.82, 2.24) is 19.5 Å². The van der Waals surface area contributed by atoms with Crippen LogP contribution in [0.3, 0.4) is 0 Å². The maximum absolute atomic E-state index is 12.3. The fraction of sp³-hybridized carbons (Fsp3) is 0.643. The summed E-state index contributed by atoms with van der Waals surface area (Å²) in [5.74, 6) is 0.320. The SMILES string of the molecule is Nc1nc2c(nc(N3CC[NH2+]CC3)n2[C@H]2O[C@@H](CO)[C@@H](O)[C@H]2O)c(=O)[nH]1. The highest BCUT2D eigenvalue weighted by atomic mass is 16.6. The van der Waals surface area contributed by atoms with Crippen molar-refractivity contribution in [2.75, 3.05) is 43.4 Å². The number of ether oxygens (including phenoxy) is 1. The first-order valence-corrected chi connectivity index (χ1v) is 8.48. The van der Waals surface area contributed by atoms with Gasteiger partial charge in [-0.2, -0.15) is 4.98 Å². The largest absolute Gasteiger partial charge is 0.394 e. The van der Waals surface area contributed by atoms with Gasteiger partial charge >= 0.3 is 0 Å². The number of hydrogen-bond acceptors (Lipinski definition) is 9. The third-order valence-electron chi connectivity index (χ3n) is 4.81. The monoisotopic (exact) mass is 368 g/mol. The van der Waals surface area contributed by atoms with E-state index in [1.807, 2.05) is 4.90 Å². The highest BCUT2D eigenvalue weighted by Gasteiger charge is 2.45. The highest BCUT2D eigenvalue weighted by molar-refractivity contribution is 5.75. The molecule has 142 valence electrons. The van der Waals surface area contributed by atoms with Gasteiger partial charge in [0.2, 0.25) is 11.9 Å². The van der Waals surface area contributed by atoms with Crippen LogP contribution in [0.4, 0.5) is 11.9 Å². The second-order valence-corrected chi connectivity index (χ2v) is 6.49. The first kappa shape index (κ1) is 17.2. The molecule has 4 rings (SSSR count). The van der Waals surface area contributed by atoms with E-state index in [-0.39, 0.29) is 17.1 Å². The zero-order chi connectivity index (χ0) is 18.4. The summed E-state index contributed by atoms with van der Waals surface area (Å²) >= 11 is 0. The highest BCUT2D eigenvalue weighted by Crippen LogP contribution is 2.35. The number of aliphatic hydroxyl groups excluding tert-OH is 3. The van der Waals surface area contributed by atoms with E-state index in [1.165, 1.54) is 4.57 Å². The van der Waals surface area contributed by atoms with Gasteiger partial charge in [-0.1, -0.05) is 0 Å². The van der Waals surface area contributed by atoms with Crippen LogP contribution >= 0.6 is 0 Å². The van der Waals surface area contributed by atoms with Crippen molar-refractivity contribution in [3.8, 4) is 0 Å². The Bertz CT molecular complexity index is 861. The lowest BCUT2D eigenvalue weighted by atomic mass is 10.1. The molecule has 0 radical (unpaired) electrons. The van der Waals surface area contributed by atoms with Crippen LogP contribution < -0.4 is 21.5 Å². The number of nitrogens with one attached hydrogen (secondary N) is 1. The Hall–Kier alpha value is -2.25. The predicted molar refractivity (Wildman–Crippen MR) is 89.4 cm³/mol. The fourth-order valence-corrected chi connectivity index (χ4v) is 3.49. The summed E-state index contributed by atoms with van der Waals surface area (Å²) in [5, 5.41) is 32.1. The minimum Gasteiger partial charge on any atom is -0.394 e. The van der Waals surface area contributed by atoms with Gasteiger partial charge in [-0.3, -0.25) is 14.3 Å². The Balaban J connectivity index is 1.89. The van der Waals surface area contributed by atoms with Crippen molar-refractivity contribution in [3.05, 3.63) is 10.4 Å². The molecule has 0 aromatic carbocycles. The lowest BCUT2D eigenvalue weighted by Gasteiger charge is -2.29. The average molecular weight is 368 g/mol. The number of aliphatic hydroxyl groups is 3. The molecule has 2 saturated heterocycles. The predicted octanol–water partition coefficient (Wildman–Crippen LogP) is -4.30. The molecule has 0 amide bonds. The van der Waals surface area contributed by atoms with Crippen molar-refractivity contribution in [1.29, 1.82) is 0 Å². The van der Waals surface area contributed by atoms with E-state index in [2.05, 4.69) is 20.3 Å². The number of nitrogen functional groups attached to an aromatic ring is 1. The molecule has 0 bridgehead atoms. The molecule has 2 fully saturated rings. The standard InChI is InChI=1S/C14H21N7O5/c15-13-18-10-7(11(25)19-13)17-14(20-3-1-16-2-4-20)21(10)12-9(24)8(23)6(5-22)26-12/h6,8-9,12,16,22-24H,1-5H2,(H3,15,18,19,25)/p+1/t6-,8+,9+,12-/m0/s1. The van der Waals surface area contributed by atoms with Gasteiger partial charge in [0.15, 0.2) is 17.4 Å². The maximum atomic E-state index is 12.3. The number of fused-ring (bicyclic) bond motifs is 1. The molecule has 4 heterocycles. The van der Waals surface area contributed by atoms with Crippen LogP contribution in [0.25, 0.3) is 11.2 Å². The first-order chi connectivity index (χ1) is 12.5. The molecule has 0 saturated carbocycles. The van der Waals surface area contributed by atoms with Crippen LogP contribution in [0, 0.1) is 0 Å². The summed E-state index contributed by atoms with van der Waals surface area (Å²) in [6.45, 7) is 2.62. The Labute approximate surface area is 147 Å². The minimum atomic E-state index is -1.32. The third-order valence-corrected chi connectivity index (χ3v) is 4.81. The van der Waals surface area contributed by atoms with Gasteiger partial charge in [0.1, 0.15) is 18.3 Å². The van der Waals surface area contributed by atoms with Crippen LogP contribution in [0.2, 0.25) is 0 Å². The summed E-state index contributed by atoms with van der Waals surface area (Å²) in [7, 11) is 0. The molecule has 12 nitrogen and oxygen atoms in total. The summed E-state index contributed by atoms with van der Waals surface area (Å²) < 4.78 is 7.13. The van der Waals surface area contributed by atoms with E-state index in [0.717, 1.165) is 13.1 Å². The van der Waals surface area contributed by atoms with E-state index in [0.29, 0.717) is 19.0 Å². The number of hydrogen-bond donors (Lipinski definition) is 6. The fourth-order valence-electron chi connectivity index (χ4n) is 3.49. The van der Waals surface area contributed by atoms with E-state index in [9.17, 15) is 20.1 Å². The summed E-state index contributed by atoms with van der Waals surface area (Å²) in [4.78, 5) is 25.2. The van der Waals surface area contributed by atoms with Crippen molar-refractivity contribution in [3.63, 3.8) is 0 Å². The number of imidazole rings is 1. The number of anilines is 2. The summed E-state index contributed by atoms with van der Waals surface area (Å²) in [6, 6.07) is 0. The van der Waals surface area contributed by atoms with Gasteiger partial charge in [0, 0.05) is 0 Å². The lowest BCUT2D eigenvalue weighted by molar-refractivity contribution is -0.655. The number of quaternary nitrogens is 1. The molecule has 2 aliphatic rings. The van der Waals surface area contributed by atoms with Crippen LogP contribution in [0.1, 0.15) is 6.23 Å². The van der Waals surface area contributed by atoms with Gasteiger partial charge in [-0.25, -0.2) is 4.98 Å². The molecular weight excluding hydrogens is 346 g/mol. The zero-order valence-electron chi connectivity index (χ0n) is 13.9. The van der Waals surface area contributed by atoms with Gasteiger partial charge in [0.05, 0.1) is 32.8 Å². The van der Waals surface area contributed by atoms with Gasteiger partial charge in [0.25, 0.3) is 5.56 Å². The van der Waals surface area contributed by atoms with Gasteiger partial charge in [-0.15, -0.1) is 0 Å². The van der Waals surface area contributed by atoms with Crippen molar-refractivity contribution < 1.29 is 25.4 Å². The number of aromatic amines is 1. The molecule has 26 heavy (non-hydrogen) atoms. The van der Waals surface area contributed by atoms with Crippen LogP contribution in [0.5, 0.6) is 0 Å². The topological polar surface area (TPSA) is 179 Å². The minimum absolute atomic E-state index is 0.0708. The summed E-state index contributed by atoms with van der Waals surface area (Å²) in [6.07, 6.45) is -4.60. The first-order valence-electron chi connectivity index (χ1n) is 8.48. The molecule has 12 heteroatoms. The van der Waals surface area contributed by atoms with E-state index in [4.69, 9.17) is 10.5 Å². The molecule has 2 aromatic rings. The average Bonchev–Trinajstić information content (AvgIpc) is 3.14. The Morgan fingerprint density at radius 1 is 1.27 bits per heavy atom. The molecule has 2 aliphatic heterocycles. The number of rotatable bonds is 3.